The zero-order valence-electron chi connectivity index (χ0n) is 11.5. The third-order valence-corrected chi connectivity index (χ3v) is 4.51. The van der Waals surface area contributed by atoms with Crippen molar-refractivity contribution in [3.63, 3.8) is 0 Å². The van der Waals surface area contributed by atoms with Gasteiger partial charge in [-0.2, -0.15) is 0 Å². The maximum atomic E-state index is 12.2. The first-order valence-corrected chi connectivity index (χ1v) is 7.84. The van der Waals surface area contributed by atoms with E-state index in [2.05, 4.69) is 24.1 Å². The Balaban J connectivity index is 1.78. The van der Waals surface area contributed by atoms with Crippen LogP contribution in [0.25, 0.3) is 0 Å². The smallest absolute Gasteiger partial charge is 0.232 e. The Hall–Kier alpha value is -1.07. The number of thioether (sulfide) groups is 1. The number of hydrogen-bond donors (Lipinski definition) is 1. The Morgan fingerprint density at radius 2 is 2.37 bits per heavy atom. The Labute approximate surface area is 119 Å². The van der Waals surface area contributed by atoms with Crippen molar-refractivity contribution in [2.75, 3.05) is 18.8 Å². The lowest BCUT2D eigenvalue weighted by Crippen LogP contribution is -2.57. The van der Waals surface area contributed by atoms with Gasteiger partial charge in [-0.15, -0.1) is 11.8 Å². The average molecular weight is 279 g/mol. The summed E-state index contributed by atoms with van der Waals surface area (Å²) in [6.07, 6.45) is 1.79. The van der Waals surface area contributed by atoms with E-state index in [0.717, 1.165) is 24.5 Å². The van der Waals surface area contributed by atoms with Gasteiger partial charge in [0.25, 0.3) is 0 Å². The Morgan fingerprint density at radius 1 is 1.53 bits per heavy atom. The quantitative estimate of drug-likeness (QED) is 0.908. The van der Waals surface area contributed by atoms with Crippen LogP contribution < -0.4 is 5.32 Å². The first-order chi connectivity index (χ1) is 9.18. The van der Waals surface area contributed by atoms with Gasteiger partial charge in [0.2, 0.25) is 5.91 Å². The summed E-state index contributed by atoms with van der Waals surface area (Å²) in [7, 11) is 0. The lowest BCUT2D eigenvalue weighted by molar-refractivity contribution is -0.131. The highest BCUT2D eigenvalue weighted by Gasteiger charge is 2.27. The summed E-state index contributed by atoms with van der Waals surface area (Å²) in [6, 6.07) is 6.52. The van der Waals surface area contributed by atoms with E-state index in [1.807, 2.05) is 23.1 Å². The molecule has 104 valence electrons. The summed E-state index contributed by atoms with van der Waals surface area (Å²) < 4.78 is 0. The Morgan fingerprint density at radius 3 is 3.11 bits per heavy atom. The van der Waals surface area contributed by atoms with Crippen molar-refractivity contribution in [2.45, 2.75) is 31.7 Å². The number of nitrogens with one attached hydrogen (secondary N) is 1. The first-order valence-electron chi connectivity index (χ1n) is 6.69. The summed E-state index contributed by atoms with van der Waals surface area (Å²) in [6.45, 7) is 5.94. The van der Waals surface area contributed by atoms with Crippen molar-refractivity contribution in [1.29, 1.82) is 0 Å². The van der Waals surface area contributed by atoms with E-state index in [4.69, 9.17) is 0 Å². The number of hydrogen-bond acceptors (Lipinski definition) is 4. The van der Waals surface area contributed by atoms with Crippen LogP contribution in [0.2, 0.25) is 0 Å². The molecule has 0 saturated carbocycles. The normalized spacial score (nSPS) is 23.4. The SMILES string of the molecule is CC1NCCN(C(=O)CSCc2ccccn2)C1C. The summed E-state index contributed by atoms with van der Waals surface area (Å²) in [4.78, 5) is 18.5. The second kappa shape index (κ2) is 6.91. The highest BCUT2D eigenvalue weighted by molar-refractivity contribution is 7.99. The molecule has 1 aromatic rings. The Kier molecular flexibility index (Phi) is 5.22. The van der Waals surface area contributed by atoms with Crippen molar-refractivity contribution >= 4 is 17.7 Å². The van der Waals surface area contributed by atoms with Crippen molar-refractivity contribution < 1.29 is 4.79 Å². The molecule has 1 aliphatic rings. The van der Waals surface area contributed by atoms with Crippen LogP contribution in [0.1, 0.15) is 19.5 Å². The third-order valence-electron chi connectivity index (χ3n) is 3.56. The molecule has 1 fully saturated rings. The van der Waals surface area contributed by atoms with Crippen LogP contribution in [-0.2, 0) is 10.5 Å². The fourth-order valence-corrected chi connectivity index (χ4v) is 3.04. The largest absolute Gasteiger partial charge is 0.336 e. The molecule has 2 heterocycles. The van der Waals surface area contributed by atoms with Crippen LogP contribution in [0.15, 0.2) is 24.4 Å². The van der Waals surface area contributed by atoms with Gasteiger partial charge in [-0.25, -0.2) is 0 Å². The number of aromatic nitrogens is 1. The van der Waals surface area contributed by atoms with Crippen molar-refractivity contribution in [3.05, 3.63) is 30.1 Å². The zero-order chi connectivity index (χ0) is 13.7. The number of carbonyl (C=O) groups excluding carboxylic acids is 1. The van der Waals surface area contributed by atoms with E-state index in [1.165, 1.54) is 0 Å². The molecule has 0 radical (unpaired) electrons. The van der Waals surface area contributed by atoms with E-state index in [-0.39, 0.29) is 11.9 Å². The molecule has 0 aliphatic carbocycles. The van der Waals surface area contributed by atoms with Gasteiger partial charge in [0.15, 0.2) is 0 Å². The molecule has 0 aromatic carbocycles. The summed E-state index contributed by atoms with van der Waals surface area (Å²) >= 11 is 1.64. The fraction of sp³-hybridized carbons (Fsp3) is 0.571. The highest BCUT2D eigenvalue weighted by atomic mass is 32.2. The standard InChI is InChI=1S/C14H21N3OS/c1-11-12(2)17(8-7-15-11)14(18)10-19-9-13-5-3-4-6-16-13/h3-6,11-12,15H,7-10H2,1-2H3. The third kappa shape index (κ3) is 3.94. The summed E-state index contributed by atoms with van der Waals surface area (Å²) in [5.41, 5.74) is 1.03. The minimum absolute atomic E-state index is 0.238. The van der Waals surface area contributed by atoms with Crippen LogP contribution in [0.5, 0.6) is 0 Å². The zero-order valence-corrected chi connectivity index (χ0v) is 12.3. The minimum Gasteiger partial charge on any atom is -0.336 e. The van der Waals surface area contributed by atoms with Crippen molar-refractivity contribution in [3.8, 4) is 0 Å². The average Bonchev–Trinajstić information content (AvgIpc) is 2.43. The monoisotopic (exact) mass is 279 g/mol. The molecule has 1 N–H and O–H groups in total. The van der Waals surface area contributed by atoms with E-state index in [0.29, 0.717) is 11.8 Å². The number of carbonyl (C=O) groups is 1. The lowest BCUT2D eigenvalue weighted by Gasteiger charge is -2.38. The summed E-state index contributed by atoms with van der Waals surface area (Å²) in [5.74, 6) is 1.57. The van der Waals surface area contributed by atoms with Crippen LogP contribution in [0, 0.1) is 0 Å². The fourth-order valence-electron chi connectivity index (χ4n) is 2.22. The van der Waals surface area contributed by atoms with E-state index in [9.17, 15) is 4.79 Å². The molecular weight excluding hydrogens is 258 g/mol. The van der Waals surface area contributed by atoms with Gasteiger partial charge in [-0.3, -0.25) is 9.78 Å². The molecule has 0 spiro atoms. The number of pyridine rings is 1. The molecule has 1 saturated heterocycles. The van der Waals surface area contributed by atoms with E-state index < -0.39 is 0 Å². The molecule has 0 bridgehead atoms. The van der Waals surface area contributed by atoms with Crippen LogP contribution >= 0.6 is 11.8 Å². The van der Waals surface area contributed by atoms with Crippen molar-refractivity contribution in [1.82, 2.24) is 15.2 Å². The van der Waals surface area contributed by atoms with E-state index >= 15 is 0 Å². The topological polar surface area (TPSA) is 45.2 Å². The molecule has 2 rings (SSSR count). The molecule has 2 unspecified atom stereocenters. The van der Waals surface area contributed by atoms with Gasteiger partial charge in [0.1, 0.15) is 0 Å². The lowest BCUT2D eigenvalue weighted by atomic mass is 10.1. The van der Waals surface area contributed by atoms with Gasteiger partial charge in [0, 0.05) is 37.1 Å². The molecule has 4 nitrogen and oxygen atoms in total. The van der Waals surface area contributed by atoms with Gasteiger partial charge >= 0.3 is 0 Å². The van der Waals surface area contributed by atoms with Crippen molar-refractivity contribution in [2.24, 2.45) is 0 Å². The molecule has 1 aromatic heterocycles. The van der Waals surface area contributed by atoms with Gasteiger partial charge < -0.3 is 10.2 Å². The molecule has 19 heavy (non-hydrogen) atoms. The second-order valence-electron chi connectivity index (χ2n) is 4.88. The minimum atomic E-state index is 0.238. The molecule has 5 heteroatoms. The molecule has 2 atom stereocenters. The first kappa shape index (κ1) is 14.3. The van der Waals surface area contributed by atoms with Gasteiger partial charge in [0.05, 0.1) is 11.4 Å². The molecule has 1 amide bonds. The van der Waals surface area contributed by atoms with Crippen LogP contribution in [-0.4, -0.2) is 46.7 Å². The maximum absolute atomic E-state index is 12.2. The van der Waals surface area contributed by atoms with Gasteiger partial charge in [-0.05, 0) is 26.0 Å². The summed E-state index contributed by atoms with van der Waals surface area (Å²) in [5, 5.41) is 3.39. The number of nitrogens with zero attached hydrogens (tertiary/aromatic N) is 2. The number of piperazine rings is 1. The number of rotatable bonds is 4. The molecule has 1 aliphatic heterocycles. The Bertz CT molecular complexity index is 412. The van der Waals surface area contributed by atoms with Crippen LogP contribution in [0.4, 0.5) is 0 Å². The highest BCUT2D eigenvalue weighted by Crippen LogP contribution is 2.14. The van der Waals surface area contributed by atoms with Crippen LogP contribution in [0.3, 0.4) is 0 Å². The molecular formula is C14H21N3OS. The second-order valence-corrected chi connectivity index (χ2v) is 5.87. The maximum Gasteiger partial charge on any atom is 0.232 e. The van der Waals surface area contributed by atoms with Gasteiger partial charge in [-0.1, -0.05) is 6.07 Å². The predicted molar refractivity (Wildman–Crippen MR) is 79.0 cm³/mol. The van der Waals surface area contributed by atoms with E-state index in [1.54, 1.807) is 18.0 Å². The predicted octanol–water partition coefficient (Wildman–Crippen LogP) is 1.52. The number of amides is 1.